The first-order valence-corrected chi connectivity index (χ1v) is 2.84. The zero-order valence-corrected chi connectivity index (χ0v) is 5.93. The van der Waals surface area contributed by atoms with Crippen molar-refractivity contribution in [2.45, 2.75) is 13.8 Å². The molecular weight excluding hydrogens is 136 g/mol. The number of hydrogen-bond acceptors (Lipinski definition) is 4. The largest absolute Gasteiger partial charge is 0.450 e. The average Bonchev–Trinajstić information content (AvgIpc) is 1.85. The zero-order chi connectivity index (χ0) is 7.98. The molecule has 0 saturated carbocycles. The van der Waals surface area contributed by atoms with Crippen LogP contribution in [0, 0.1) is 5.41 Å². The lowest BCUT2D eigenvalue weighted by Crippen LogP contribution is -2.24. The highest BCUT2D eigenvalue weighted by Crippen LogP contribution is 1.80. The molecule has 0 unspecified atom stereocenters. The van der Waals surface area contributed by atoms with Crippen molar-refractivity contribution in [2.75, 3.05) is 6.54 Å². The summed E-state index contributed by atoms with van der Waals surface area (Å²) in [5.74, 6) is -0.161. The maximum Gasteiger partial charge on any atom is 0.450 e. The third-order valence-corrected chi connectivity index (χ3v) is 0.563. The van der Waals surface area contributed by atoms with E-state index in [9.17, 15) is 4.79 Å². The summed E-state index contributed by atoms with van der Waals surface area (Å²) < 4.78 is 0. The quantitative estimate of drug-likeness (QED) is 0.247. The van der Waals surface area contributed by atoms with Gasteiger partial charge in [0.15, 0.2) is 0 Å². The van der Waals surface area contributed by atoms with Gasteiger partial charge in [-0.05, 0) is 6.92 Å². The maximum absolute atomic E-state index is 10.4. The van der Waals surface area contributed by atoms with Gasteiger partial charge >= 0.3 is 6.09 Å². The smallest absolute Gasteiger partial charge is 0.319 e. The van der Waals surface area contributed by atoms with E-state index in [4.69, 9.17) is 5.41 Å². The standard InChI is InChI=1S/C5H10N2O3/c1-3-7-5(8)10-9-4(2)6/h6H,3H2,1-2H3,(H,7,8). The van der Waals surface area contributed by atoms with Gasteiger partial charge in [-0.2, -0.15) is 0 Å². The second kappa shape index (κ2) is 4.60. The van der Waals surface area contributed by atoms with Gasteiger partial charge in [0.2, 0.25) is 5.90 Å². The summed E-state index contributed by atoms with van der Waals surface area (Å²) in [5.41, 5.74) is 0. The van der Waals surface area contributed by atoms with Crippen LogP contribution in [0.2, 0.25) is 0 Å². The van der Waals surface area contributed by atoms with E-state index in [0.29, 0.717) is 6.54 Å². The molecule has 0 aliphatic carbocycles. The second-order valence-corrected chi connectivity index (χ2v) is 1.54. The summed E-state index contributed by atoms with van der Waals surface area (Å²) >= 11 is 0. The Morgan fingerprint density at radius 3 is 2.60 bits per heavy atom. The molecule has 5 nitrogen and oxygen atoms in total. The van der Waals surface area contributed by atoms with Gasteiger partial charge in [0, 0.05) is 13.5 Å². The number of nitrogens with one attached hydrogen (secondary N) is 2. The van der Waals surface area contributed by atoms with Gasteiger partial charge in [-0.3, -0.25) is 10.3 Å². The molecule has 0 aromatic rings. The molecule has 0 aliphatic heterocycles. The first-order chi connectivity index (χ1) is 4.66. The molecule has 0 atom stereocenters. The monoisotopic (exact) mass is 146 g/mol. The molecule has 0 aliphatic rings. The van der Waals surface area contributed by atoms with E-state index in [1.165, 1.54) is 6.92 Å². The Kier molecular flexibility index (Phi) is 4.02. The summed E-state index contributed by atoms with van der Waals surface area (Å²) in [6.45, 7) is 3.58. The van der Waals surface area contributed by atoms with Gasteiger partial charge in [0.05, 0.1) is 0 Å². The number of amides is 1. The Morgan fingerprint density at radius 1 is 1.60 bits per heavy atom. The third-order valence-electron chi connectivity index (χ3n) is 0.563. The van der Waals surface area contributed by atoms with E-state index >= 15 is 0 Å². The van der Waals surface area contributed by atoms with Crippen molar-refractivity contribution in [3.63, 3.8) is 0 Å². The van der Waals surface area contributed by atoms with Gasteiger partial charge in [0.25, 0.3) is 0 Å². The SMILES string of the molecule is CCNC(=O)OOC(C)=N. The lowest BCUT2D eigenvalue weighted by Gasteiger charge is -2.01. The molecule has 2 N–H and O–H groups in total. The summed E-state index contributed by atoms with van der Waals surface area (Å²) in [6.07, 6.45) is -0.686. The molecule has 1 amide bonds. The maximum atomic E-state index is 10.4. The molecule has 0 aromatic heterocycles. The second-order valence-electron chi connectivity index (χ2n) is 1.54. The Bertz CT molecular complexity index is 135. The summed E-state index contributed by atoms with van der Waals surface area (Å²) in [7, 11) is 0. The molecule has 0 fully saturated rings. The van der Waals surface area contributed by atoms with Gasteiger partial charge in [-0.1, -0.05) is 0 Å². The molecule has 0 heterocycles. The van der Waals surface area contributed by atoms with Crippen molar-refractivity contribution in [3.8, 4) is 0 Å². The molecular formula is C5H10N2O3. The van der Waals surface area contributed by atoms with E-state index in [0.717, 1.165) is 0 Å². The fraction of sp³-hybridized carbons (Fsp3) is 0.600. The molecule has 0 rings (SSSR count). The fourth-order valence-electron chi connectivity index (χ4n) is 0.274. The molecule has 5 heteroatoms. The highest BCUT2D eigenvalue weighted by molar-refractivity contribution is 5.71. The molecule has 58 valence electrons. The minimum atomic E-state index is -0.686. The zero-order valence-electron chi connectivity index (χ0n) is 5.93. The number of rotatable bonds is 1. The average molecular weight is 146 g/mol. The molecule has 10 heavy (non-hydrogen) atoms. The van der Waals surface area contributed by atoms with Crippen LogP contribution in [0.5, 0.6) is 0 Å². The van der Waals surface area contributed by atoms with Crippen LogP contribution in [0.15, 0.2) is 0 Å². The van der Waals surface area contributed by atoms with Crippen molar-refractivity contribution < 1.29 is 14.6 Å². The summed E-state index contributed by atoms with van der Waals surface area (Å²) in [6, 6.07) is 0. The molecule has 0 aromatic carbocycles. The highest BCUT2D eigenvalue weighted by Gasteiger charge is 1.99. The number of carbonyl (C=O) groups is 1. The van der Waals surface area contributed by atoms with Crippen LogP contribution in [0.1, 0.15) is 13.8 Å². The predicted octanol–water partition coefficient (Wildman–Crippen LogP) is 0.661. The molecule has 0 radical (unpaired) electrons. The van der Waals surface area contributed by atoms with Crippen LogP contribution >= 0.6 is 0 Å². The van der Waals surface area contributed by atoms with Gasteiger partial charge < -0.3 is 5.32 Å². The first-order valence-electron chi connectivity index (χ1n) is 2.84. The lowest BCUT2D eigenvalue weighted by molar-refractivity contribution is -0.159. The van der Waals surface area contributed by atoms with E-state index in [1.807, 2.05) is 0 Å². The van der Waals surface area contributed by atoms with Gasteiger partial charge in [-0.25, -0.2) is 9.68 Å². The Hall–Kier alpha value is -1.26. The van der Waals surface area contributed by atoms with Crippen LogP contribution in [-0.2, 0) is 9.78 Å². The normalized spacial score (nSPS) is 8.20. The number of hydrogen-bond donors (Lipinski definition) is 2. The van der Waals surface area contributed by atoms with Crippen LogP contribution < -0.4 is 5.32 Å². The van der Waals surface area contributed by atoms with Crippen LogP contribution in [0.25, 0.3) is 0 Å². The van der Waals surface area contributed by atoms with E-state index in [-0.39, 0.29) is 5.90 Å². The third kappa shape index (κ3) is 4.89. The van der Waals surface area contributed by atoms with Crippen molar-refractivity contribution >= 4 is 12.0 Å². The fourth-order valence-corrected chi connectivity index (χ4v) is 0.274. The molecule has 0 spiro atoms. The summed E-state index contributed by atoms with van der Waals surface area (Å²) in [5, 5.41) is 9.01. The van der Waals surface area contributed by atoms with Crippen molar-refractivity contribution in [3.05, 3.63) is 0 Å². The molecule has 0 saturated heterocycles. The van der Waals surface area contributed by atoms with E-state index in [1.54, 1.807) is 6.92 Å². The minimum Gasteiger partial charge on any atom is -0.319 e. The number of carbonyl (C=O) groups excluding carboxylic acids is 1. The van der Waals surface area contributed by atoms with E-state index < -0.39 is 6.09 Å². The highest BCUT2D eigenvalue weighted by atomic mass is 17.2. The van der Waals surface area contributed by atoms with Gasteiger partial charge in [-0.15, -0.1) is 0 Å². The Morgan fingerprint density at radius 2 is 2.20 bits per heavy atom. The van der Waals surface area contributed by atoms with E-state index in [2.05, 4.69) is 15.1 Å². The van der Waals surface area contributed by atoms with Crippen molar-refractivity contribution in [1.82, 2.24) is 5.32 Å². The minimum absolute atomic E-state index is 0.161. The molecule has 0 bridgehead atoms. The summed E-state index contributed by atoms with van der Waals surface area (Å²) in [4.78, 5) is 18.6. The van der Waals surface area contributed by atoms with Crippen LogP contribution in [-0.4, -0.2) is 18.5 Å². The Balaban J connectivity index is 3.30. The van der Waals surface area contributed by atoms with Crippen molar-refractivity contribution in [1.29, 1.82) is 5.41 Å². The lowest BCUT2D eigenvalue weighted by atomic mass is 10.8. The van der Waals surface area contributed by atoms with Crippen LogP contribution in [0.4, 0.5) is 4.79 Å². The first kappa shape index (κ1) is 8.74. The van der Waals surface area contributed by atoms with Gasteiger partial charge in [0.1, 0.15) is 0 Å². The topological polar surface area (TPSA) is 71.4 Å². The Labute approximate surface area is 58.8 Å². The van der Waals surface area contributed by atoms with Crippen LogP contribution in [0.3, 0.4) is 0 Å². The van der Waals surface area contributed by atoms with Crippen molar-refractivity contribution in [2.24, 2.45) is 0 Å². The predicted molar refractivity (Wildman–Crippen MR) is 34.6 cm³/mol.